The fraction of sp³-hybridized carbons (Fsp3) is 0.333. The van der Waals surface area contributed by atoms with Crippen molar-refractivity contribution in [1.29, 1.82) is 0 Å². The normalized spacial score (nSPS) is 14.6. The summed E-state index contributed by atoms with van der Waals surface area (Å²) in [5.74, 6) is 0.444. The second-order valence-electron chi connectivity index (χ2n) is 8.49. The third-order valence-corrected chi connectivity index (χ3v) is 8.07. The third-order valence-electron chi connectivity index (χ3n) is 5.61. The van der Waals surface area contributed by atoms with Gasteiger partial charge in [0.25, 0.3) is 11.8 Å². The Bertz CT molecular complexity index is 1400. The van der Waals surface area contributed by atoms with Crippen molar-refractivity contribution in [3.05, 3.63) is 69.1 Å². The van der Waals surface area contributed by atoms with Gasteiger partial charge in [0.05, 0.1) is 16.3 Å². The minimum Gasteiger partial charge on any atom is -0.320 e. The highest BCUT2D eigenvalue weighted by molar-refractivity contribution is 7.87. The van der Waals surface area contributed by atoms with E-state index in [1.165, 1.54) is 30.5 Å². The molecule has 0 radical (unpaired) electrons. The molecule has 3 aromatic rings. The maximum Gasteiger partial charge on any atom is 0.435 e. The van der Waals surface area contributed by atoms with Crippen LogP contribution in [0.15, 0.2) is 40.9 Å². The van der Waals surface area contributed by atoms with Crippen molar-refractivity contribution in [3.8, 4) is 5.82 Å². The summed E-state index contributed by atoms with van der Waals surface area (Å²) in [6, 6.07) is 6.42. The van der Waals surface area contributed by atoms with Crippen molar-refractivity contribution < 1.29 is 22.8 Å². The first-order valence-corrected chi connectivity index (χ1v) is 13.6. The van der Waals surface area contributed by atoms with Crippen molar-refractivity contribution in [2.75, 3.05) is 16.8 Å². The molecule has 0 bridgehead atoms. The molecule has 196 valence electrons. The highest BCUT2D eigenvalue weighted by Crippen LogP contribution is 2.33. The van der Waals surface area contributed by atoms with Crippen LogP contribution in [0.4, 0.5) is 18.9 Å². The zero-order valence-corrected chi connectivity index (χ0v) is 22.1. The lowest BCUT2D eigenvalue weighted by Gasteiger charge is -2.14. The maximum atomic E-state index is 13.5. The van der Waals surface area contributed by atoms with Gasteiger partial charge < -0.3 is 5.32 Å². The number of aromatic nitrogens is 3. The molecule has 1 unspecified atom stereocenters. The number of aryl methyl sites for hydroxylation is 1. The summed E-state index contributed by atoms with van der Waals surface area (Å²) >= 11 is 12.3. The molecule has 4 rings (SSSR count). The van der Waals surface area contributed by atoms with E-state index in [0.717, 1.165) is 23.3 Å². The van der Waals surface area contributed by atoms with Gasteiger partial charge in [-0.15, -0.1) is 0 Å². The molecule has 0 saturated heterocycles. The van der Waals surface area contributed by atoms with E-state index in [4.69, 9.17) is 23.2 Å². The number of amides is 2. The molecule has 1 atom stereocenters. The van der Waals surface area contributed by atoms with Gasteiger partial charge in [0.15, 0.2) is 11.5 Å². The number of benzene rings is 1. The lowest BCUT2D eigenvalue weighted by atomic mass is 10.1. The molecule has 1 aliphatic carbocycles. The van der Waals surface area contributed by atoms with Crippen LogP contribution < -0.4 is 5.32 Å². The van der Waals surface area contributed by atoms with E-state index in [-0.39, 0.29) is 27.1 Å². The molecule has 13 heteroatoms. The molecule has 0 aliphatic heterocycles. The van der Waals surface area contributed by atoms with Gasteiger partial charge in [-0.25, -0.2) is 9.67 Å². The average Bonchev–Trinajstić information content (AvgIpc) is 3.53. The molecule has 1 saturated carbocycles. The van der Waals surface area contributed by atoms with Gasteiger partial charge in [-0.05, 0) is 55.5 Å². The van der Waals surface area contributed by atoms with Crippen LogP contribution in [-0.4, -0.2) is 38.1 Å². The number of carbonyl (C=O) groups excluding carboxylic acids is 2. The van der Waals surface area contributed by atoms with Gasteiger partial charge in [0, 0.05) is 28.8 Å². The number of anilines is 1. The SMILES string of the molecule is CC/S(CC1CC1)=N/C(=O)c1cc(Cl)cc(C)c1NC(=O)c1cc(C(F)(F)F)nn1-c1ncccc1Cl. The predicted octanol–water partition coefficient (Wildman–Crippen LogP) is 6.53. The number of carbonyl (C=O) groups is 2. The summed E-state index contributed by atoms with van der Waals surface area (Å²) in [5.41, 5.74) is -1.18. The van der Waals surface area contributed by atoms with Crippen molar-refractivity contribution in [1.82, 2.24) is 14.8 Å². The summed E-state index contributed by atoms with van der Waals surface area (Å²) in [5, 5.41) is 6.35. The molecule has 1 aromatic carbocycles. The Kier molecular flexibility index (Phi) is 8.05. The van der Waals surface area contributed by atoms with Crippen molar-refractivity contribution in [3.63, 3.8) is 0 Å². The third kappa shape index (κ3) is 6.39. The van der Waals surface area contributed by atoms with Gasteiger partial charge in [-0.1, -0.05) is 40.8 Å². The molecule has 1 aliphatic rings. The summed E-state index contributed by atoms with van der Waals surface area (Å²) in [7, 11) is -0.480. The maximum absolute atomic E-state index is 13.5. The van der Waals surface area contributed by atoms with Crippen LogP contribution >= 0.6 is 23.2 Å². The topological polar surface area (TPSA) is 89.2 Å². The van der Waals surface area contributed by atoms with E-state index < -0.39 is 40.1 Å². The number of hydrogen-bond donors (Lipinski definition) is 1. The highest BCUT2D eigenvalue weighted by atomic mass is 35.5. The summed E-state index contributed by atoms with van der Waals surface area (Å²) in [6.07, 6.45) is -1.27. The van der Waals surface area contributed by atoms with Gasteiger partial charge >= 0.3 is 6.18 Å². The zero-order chi connectivity index (χ0) is 26.9. The van der Waals surface area contributed by atoms with Crippen LogP contribution in [0.1, 0.15) is 51.9 Å². The second kappa shape index (κ2) is 10.9. The van der Waals surface area contributed by atoms with Crippen LogP contribution in [0.25, 0.3) is 5.82 Å². The van der Waals surface area contributed by atoms with Gasteiger partial charge in [-0.2, -0.15) is 22.6 Å². The van der Waals surface area contributed by atoms with E-state index in [2.05, 4.69) is 19.8 Å². The second-order valence-corrected chi connectivity index (χ2v) is 11.4. The molecule has 2 amide bonds. The van der Waals surface area contributed by atoms with Crippen LogP contribution in [0.3, 0.4) is 0 Å². The highest BCUT2D eigenvalue weighted by Gasteiger charge is 2.37. The molecular weight excluding hydrogens is 550 g/mol. The van der Waals surface area contributed by atoms with E-state index in [1.807, 2.05) is 6.92 Å². The summed E-state index contributed by atoms with van der Waals surface area (Å²) in [4.78, 5) is 30.5. The fourth-order valence-corrected chi connectivity index (χ4v) is 5.70. The Hall–Kier alpha value is -2.76. The number of nitrogens with one attached hydrogen (secondary N) is 1. The van der Waals surface area contributed by atoms with Crippen LogP contribution in [0.2, 0.25) is 10.0 Å². The predicted molar refractivity (Wildman–Crippen MR) is 138 cm³/mol. The first kappa shape index (κ1) is 27.3. The van der Waals surface area contributed by atoms with Gasteiger partial charge in [-0.3, -0.25) is 9.59 Å². The number of halogens is 5. The molecule has 0 spiro atoms. The first-order chi connectivity index (χ1) is 17.5. The van der Waals surface area contributed by atoms with Gasteiger partial charge in [0.2, 0.25) is 0 Å². The van der Waals surface area contributed by atoms with E-state index in [1.54, 1.807) is 6.92 Å². The quantitative estimate of drug-likeness (QED) is 0.349. The van der Waals surface area contributed by atoms with Crippen LogP contribution in [-0.2, 0) is 16.9 Å². The zero-order valence-electron chi connectivity index (χ0n) is 19.8. The number of rotatable bonds is 7. The molecule has 2 aromatic heterocycles. The van der Waals surface area contributed by atoms with Crippen molar-refractivity contribution in [2.45, 2.75) is 32.9 Å². The molecule has 37 heavy (non-hydrogen) atoms. The Morgan fingerprint density at radius 2 is 1.97 bits per heavy atom. The van der Waals surface area contributed by atoms with E-state index >= 15 is 0 Å². The standard InChI is InChI=1S/C24H22Cl2F3N5O2S/c1-3-37(12-14-6-7-14)33-22(35)16-10-15(25)9-13(2)20(16)31-23(36)18-11-19(24(27,28)29)32-34(18)21-17(26)5-4-8-30-21/h4-5,8-11,14H,3,6-7,12H2,1-2H3,(H,31,36). The van der Waals surface area contributed by atoms with Crippen LogP contribution in [0.5, 0.6) is 0 Å². The average molecular weight is 572 g/mol. The van der Waals surface area contributed by atoms with Gasteiger partial charge in [0.1, 0.15) is 5.69 Å². The fourth-order valence-electron chi connectivity index (χ4n) is 3.57. The minimum atomic E-state index is -4.82. The van der Waals surface area contributed by atoms with Crippen molar-refractivity contribution >= 4 is 51.4 Å². The molecule has 1 N–H and O–H groups in total. The summed E-state index contributed by atoms with van der Waals surface area (Å²) < 4.78 is 45.5. The lowest BCUT2D eigenvalue weighted by Crippen LogP contribution is -2.20. The number of pyridine rings is 1. The number of alkyl halides is 3. The molecular formula is C24H22Cl2F3N5O2S. The van der Waals surface area contributed by atoms with E-state index in [9.17, 15) is 22.8 Å². The minimum absolute atomic E-state index is 0.00650. The molecule has 7 nitrogen and oxygen atoms in total. The van der Waals surface area contributed by atoms with E-state index in [0.29, 0.717) is 23.3 Å². The Balaban J connectivity index is 1.74. The van der Waals surface area contributed by atoms with Crippen LogP contribution in [0, 0.1) is 12.8 Å². The number of nitrogens with zero attached hydrogens (tertiary/aromatic N) is 4. The Morgan fingerprint density at radius 1 is 1.24 bits per heavy atom. The smallest absolute Gasteiger partial charge is 0.320 e. The summed E-state index contributed by atoms with van der Waals surface area (Å²) in [6.45, 7) is 3.58. The lowest BCUT2D eigenvalue weighted by molar-refractivity contribution is -0.141. The Labute approximate surface area is 223 Å². The first-order valence-electron chi connectivity index (χ1n) is 11.3. The largest absolute Gasteiger partial charge is 0.435 e. The molecule has 2 heterocycles. The molecule has 1 fully saturated rings. The Morgan fingerprint density at radius 3 is 2.59 bits per heavy atom. The monoisotopic (exact) mass is 571 g/mol. The van der Waals surface area contributed by atoms with Crippen molar-refractivity contribution in [2.24, 2.45) is 10.3 Å². The number of hydrogen-bond acceptors (Lipinski definition) is 4.